The summed E-state index contributed by atoms with van der Waals surface area (Å²) in [6.45, 7) is 3.82. The van der Waals surface area contributed by atoms with E-state index in [9.17, 15) is 0 Å². The van der Waals surface area contributed by atoms with E-state index in [1.165, 1.54) is 26.1 Å². The highest BCUT2D eigenvalue weighted by Crippen LogP contribution is 2.59. The quantitative estimate of drug-likeness (QED) is 0.481. The molecule has 0 radical (unpaired) electrons. The second-order valence-corrected chi connectivity index (χ2v) is 8.96. The zero-order valence-electron chi connectivity index (χ0n) is 14.0. The Hall–Kier alpha value is 0.880. The summed E-state index contributed by atoms with van der Waals surface area (Å²) in [5.41, 5.74) is 0.714. The largest absolute Gasteiger partial charge is 1.00 e. The highest BCUT2D eigenvalue weighted by Gasteiger charge is 2.50. The maximum absolute atomic E-state index is 3.80. The van der Waals surface area contributed by atoms with Crippen LogP contribution in [0, 0.1) is 23.2 Å². The zero-order chi connectivity index (χ0) is 13.5. The van der Waals surface area contributed by atoms with Crippen LogP contribution >= 0.6 is 17.0 Å². The van der Waals surface area contributed by atoms with E-state index in [-0.39, 0.29) is 34.0 Å². The Morgan fingerprint density at radius 3 is 1.86 bits per heavy atom. The number of quaternary nitrogens is 1. The first-order chi connectivity index (χ1) is 8.94. The summed E-state index contributed by atoms with van der Waals surface area (Å²) >= 11 is 0. The van der Waals surface area contributed by atoms with Crippen LogP contribution < -0.4 is 22.3 Å². The first-order valence-corrected chi connectivity index (χ1v) is 8.45. The normalized spacial score (nSPS) is 37.0. The summed E-state index contributed by atoms with van der Waals surface area (Å²) < 4.78 is 1.10. The Bertz CT molecular complexity index is 290. The van der Waals surface area contributed by atoms with Crippen molar-refractivity contribution in [3.8, 4) is 0 Å². The number of rotatable bonds is 6. The molecule has 0 aromatic heterocycles. The van der Waals surface area contributed by atoms with Crippen molar-refractivity contribution in [3.63, 3.8) is 0 Å². The van der Waals surface area contributed by atoms with E-state index in [0.717, 1.165) is 22.2 Å². The average Bonchev–Trinajstić information content (AvgIpc) is 2.24. The van der Waals surface area contributed by atoms with Gasteiger partial charge in [0.15, 0.2) is 0 Å². The van der Waals surface area contributed by atoms with Crippen molar-refractivity contribution in [2.75, 3.05) is 40.8 Å². The van der Waals surface area contributed by atoms with E-state index in [2.05, 4.69) is 26.5 Å². The van der Waals surface area contributed by atoms with Gasteiger partial charge in [-0.1, -0.05) is 0 Å². The lowest BCUT2D eigenvalue weighted by molar-refractivity contribution is -0.870. The van der Waals surface area contributed by atoms with Crippen molar-refractivity contribution >= 4 is 17.0 Å². The molecular formula is C17H34Br2N2. The van der Waals surface area contributed by atoms with Crippen molar-refractivity contribution in [2.24, 2.45) is 23.2 Å². The molecule has 4 aliphatic carbocycles. The molecule has 4 heteroatoms. The van der Waals surface area contributed by atoms with Gasteiger partial charge in [0.25, 0.3) is 0 Å². The molecule has 2 nitrogen and oxygen atoms in total. The molecule has 0 spiro atoms. The first kappa shape index (κ1) is 19.9. The lowest BCUT2D eigenvalue weighted by Gasteiger charge is -2.57. The topological polar surface area (TPSA) is 12.0 Å². The third kappa shape index (κ3) is 5.19. The standard InChI is InChI=1S/C17H33N2.2BrH/c1-19(2,3)6-4-5-18-13-17-10-14-7-15(11-17)9-16(8-14)12-17;;/h14-16,18H,4-13H2,1-3H3;2*1H/q+1;;/p-1. The SMILES string of the molecule is Br.C[N+](C)(C)CCCNCC12CC3CC(CC(C3)C1)C2.[Br-]. The highest BCUT2D eigenvalue weighted by molar-refractivity contribution is 8.93. The van der Waals surface area contributed by atoms with Crippen molar-refractivity contribution < 1.29 is 21.5 Å². The molecular weight excluding hydrogens is 392 g/mol. The lowest BCUT2D eigenvalue weighted by Crippen LogP contribution is -3.00. The molecule has 4 fully saturated rings. The minimum atomic E-state index is 0. The van der Waals surface area contributed by atoms with Gasteiger partial charge >= 0.3 is 0 Å². The fourth-order valence-corrected chi connectivity index (χ4v) is 5.54. The number of hydrogen-bond acceptors (Lipinski definition) is 1. The van der Waals surface area contributed by atoms with Gasteiger partial charge in [-0.3, -0.25) is 0 Å². The maximum Gasteiger partial charge on any atom is 0.0792 e. The minimum Gasteiger partial charge on any atom is -1.00 e. The van der Waals surface area contributed by atoms with Crippen molar-refractivity contribution in [3.05, 3.63) is 0 Å². The molecule has 1 N–H and O–H groups in total. The van der Waals surface area contributed by atoms with Gasteiger partial charge in [-0.15, -0.1) is 17.0 Å². The molecule has 0 aromatic carbocycles. The summed E-state index contributed by atoms with van der Waals surface area (Å²) in [5.74, 6) is 3.29. The van der Waals surface area contributed by atoms with Gasteiger partial charge in [0.05, 0.1) is 27.7 Å². The van der Waals surface area contributed by atoms with Crippen LogP contribution in [0.5, 0.6) is 0 Å². The van der Waals surface area contributed by atoms with Crippen LogP contribution in [0.2, 0.25) is 0 Å². The van der Waals surface area contributed by atoms with Crippen LogP contribution in [-0.2, 0) is 0 Å². The number of nitrogens with one attached hydrogen (secondary N) is 1. The Kier molecular flexibility index (Phi) is 7.24. The minimum absolute atomic E-state index is 0. The monoisotopic (exact) mass is 424 g/mol. The molecule has 126 valence electrons. The predicted octanol–water partition coefficient (Wildman–Crippen LogP) is 0.471. The molecule has 0 unspecified atom stereocenters. The molecule has 0 saturated heterocycles. The van der Waals surface area contributed by atoms with Gasteiger partial charge < -0.3 is 26.8 Å². The van der Waals surface area contributed by atoms with E-state index in [0.29, 0.717) is 5.41 Å². The summed E-state index contributed by atoms with van der Waals surface area (Å²) in [5, 5.41) is 3.80. The van der Waals surface area contributed by atoms with Crippen LogP contribution in [0.4, 0.5) is 0 Å². The molecule has 4 bridgehead atoms. The number of hydrogen-bond donors (Lipinski definition) is 1. The molecule has 0 amide bonds. The summed E-state index contributed by atoms with van der Waals surface area (Å²) in [7, 11) is 6.87. The van der Waals surface area contributed by atoms with Crippen LogP contribution in [-0.4, -0.2) is 45.3 Å². The van der Waals surface area contributed by atoms with Gasteiger partial charge in [0.2, 0.25) is 0 Å². The molecule has 0 aromatic rings. The van der Waals surface area contributed by atoms with E-state index in [1.54, 1.807) is 38.5 Å². The summed E-state index contributed by atoms with van der Waals surface area (Å²) in [6.07, 6.45) is 10.7. The van der Waals surface area contributed by atoms with E-state index >= 15 is 0 Å². The van der Waals surface area contributed by atoms with Crippen molar-refractivity contribution in [2.45, 2.75) is 44.9 Å². The van der Waals surface area contributed by atoms with Gasteiger partial charge in [0.1, 0.15) is 0 Å². The molecule has 4 saturated carbocycles. The Labute approximate surface area is 152 Å². The maximum atomic E-state index is 3.80. The third-order valence-corrected chi connectivity index (χ3v) is 5.85. The molecule has 0 aliphatic heterocycles. The van der Waals surface area contributed by atoms with E-state index < -0.39 is 0 Å². The highest BCUT2D eigenvalue weighted by atomic mass is 79.9. The van der Waals surface area contributed by atoms with Crippen LogP contribution in [0.1, 0.15) is 44.9 Å². The molecule has 0 atom stereocenters. The Balaban J connectivity index is 0.00000110. The predicted molar refractivity (Wildman–Crippen MR) is 91.3 cm³/mol. The van der Waals surface area contributed by atoms with E-state index in [1.807, 2.05) is 0 Å². The van der Waals surface area contributed by atoms with Crippen molar-refractivity contribution in [1.29, 1.82) is 0 Å². The lowest BCUT2D eigenvalue weighted by atomic mass is 9.49. The van der Waals surface area contributed by atoms with Crippen LogP contribution in [0.15, 0.2) is 0 Å². The Morgan fingerprint density at radius 2 is 1.43 bits per heavy atom. The summed E-state index contributed by atoms with van der Waals surface area (Å²) in [4.78, 5) is 0. The second-order valence-electron chi connectivity index (χ2n) is 8.96. The Morgan fingerprint density at radius 1 is 0.952 bits per heavy atom. The molecule has 4 aliphatic rings. The second kappa shape index (κ2) is 7.63. The first-order valence-electron chi connectivity index (χ1n) is 8.45. The molecule has 21 heavy (non-hydrogen) atoms. The van der Waals surface area contributed by atoms with E-state index in [4.69, 9.17) is 0 Å². The average molecular weight is 426 g/mol. The van der Waals surface area contributed by atoms with Crippen molar-refractivity contribution in [1.82, 2.24) is 5.32 Å². The fraction of sp³-hybridized carbons (Fsp3) is 1.00. The third-order valence-electron chi connectivity index (χ3n) is 5.85. The van der Waals surface area contributed by atoms with Crippen LogP contribution in [0.3, 0.4) is 0 Å². The number of nitrogens with zero attached hydrogens (tertiary/aromatic N) is 1. The van der Waals surface area contributed by atoms with Gasteiger partial charge in [-0.25, -0.2) is 0 Å². The van der Waals surface area contributed by atoms with Crippen LogP contribution in [0.25, 0.3) is 0 Å². The molecule has 4 rings (SSSR count). The van der Waals surface area contributed by atoms with Gasteiger partial charge in [-0.05, 0) is 61.7 Å². The molecule has 0 heterocycles. The fourth-order valence-electron chi connectivity index (χ4n) is 5.54. The zero-order valence-corrected chi connectivity index (χ0v) is 17.3. The number of halogens is 2. The summed E-state index contributed by atoms with van der Waals surface area (Å²) in [6, 6.07) is 0. The van der Waals surface area contributed by atoms with Gasteiger partial charge in [0, 0.05) is 19.5 Å². The smallest absolute Gasteiger partial charge is 0.0792 e. The van der Waals surface area contributed by atoms with Gasteiger partial charge in [-0.2, -0.15) is 0 Å².